The average Bonchev–Trinajstić information content (AvgIpc) is 3.05. The first-order valence-electron chi connectivity index (χ1n) is 14.5. The maximum atomic E-state index is 5.91. The van der Waals surface area contributed by atoms with Crippen molar-refractivity contribution in [1.29, 1.82) is 0 Å². The van der Waals surface area contributed by atoms with Crippen LogP contribution in [0.3, 0.4) is 0 Å². The van der Waals surface area contributed by atoms with Crippen LogP contribution in [0.4, 0.5) is 22.7 Å². The van der Waals surface area contributed by atoms with Crippen molar-refractivity contribution in [3.8, 4) is 23.0 Å². The van der Waals surface area contributed by atoms with Crippen LogP contribution in [0, 0.1) is 0 Å². The molecule has 6 aromatic rings. The molecule has 0 spiro atoms. The quantitative estimate of drug-likeness (QED) is 0.156. The molecule has 44 heavy (non-hydrogen) atoms. The number of ether oxygens (including phenoxy) is 2. The van der Waals surface area contributed by atoms with Gasteiger partial charge in [-0.15, -0.1) is 0 Å². The molecule has 5 N–H and O–H groups in total. The van der Waals surface area contributed by atoms with E-state index in [1.807, 2.05) is 133 Å². The molecule has 0 unspecified atom stereocenters. The van der Waals surface area contributed by atoms with Gasteiger partial charge in [0, 0.05) is 28.2 Å². The van der Waals surface area contributed by atoms with Crippen LogP contribution >= 0.6 is 0 Å². The zero-order valence-electron chi connectivity index (χ0n) is 25.0. The summed E-state index contributed by atoms with van der Waals surface area (Å²) in [6.45, 7) is 4.41. The largest absolute Gasteiger partial charge is 0.457 e. The minimum absolute atomic E-state index is 0.167. The summed E-state index contributed by atoms with van der Waals surface area (Å²) in [5, 5.41) is 3.30. The van der Waals surface area contributed by atoms with E-state index in [1.54, 1.807) is 0 Å². The van der Waals surface area contributed by atoms with Gasteiger partial charge in [-0.05, 0) is 108 Å². The molecule has 0 aliphatic heterocycles. The lowest BCUT2D eigenvalue weighted by Crippen LogP contribution is -2.18. The van der Waals surface area contributed by atoms with E-state index in [0.29, 0.717) is 11.4 Å². The number of hydrogen-bond acceptors (Lipinski definition) is 5. The van der Waals surface area contributed by atoms with Crippen LogP contribution in [0.25, 0.3) is 0 Å². The maximum absolute atomic E-state index is 5.91. The lowest BCUT2D eigenvalue weighted by molar-refractivity contribution is 0.481. The second-order valence-corrected chi connectivity index (χ2v) is 10.9. The Labute approximate surface area is 259 Å². The molecule has 0 bridgehead atoms. The molecule has 0 atom stereocenters. The molecule has 5 heteroatoms. The van der Waals surface area contributed by atoms with E-state index in [2.05, 4.69) is 43.4 Å². The van der Waals surface area contributed by atoms with Gasteiger partial charge in [-0.2, -0.15) is 0 Å². The average molecular weight is 580 g/mol. The SMILES string of the molecule is CC(C)(c1ccc(Oc2ccc(N)cc2)cc1)c1ccc(Oc2ccc(N)cc2)cc1.c1ccc(Nc2ccccc2)cc1. The Kier molecular flexibility index (Phi) is 9.48. The van der Waals surface area contributed by atoms with Crippen LogP contribution in [0.5, 0.6) is 23.0 Å². The van der Waals surface area contributed by atoms with E-state index in [4.69, 9.17) is 20.9 Å². The van der Waals surface area contributed by atoms with E-state index in [0.717, 1.165) is 34.4 Å². The third kappa shape index (κ3) is 8.20. The van der Waals surface area contributed by atoms with Crippen LogP contribution in [-0.4, -0.2) is 0 Å². The van der Waals surface area contributed by atoms with Crippen molar-refractivity contribution < 1.29 is 9.47 Å². The molecule has 0 aromatic heterocycles. The number of nitrogens with one attached hydrogen (secondary N) is 1. The molecule has 0 radical (unpaired) electrons. The first-order chi connectivity index (χ1) is 21.3. The third-order valence-corrected chi connectivity index (χ3v) is 7.22. The Morgan fingerprint density at radius 1 is 0.409 bits per heavy atom. The maximum Gasteiger partial charge on any atom is 0.127 e. The van der Waals surface area contributed by atoms with Crippen molar-refractivity contribution in [2.75, 3.05) is 16.8 Å². The molecule has 0 saturated carbocycles. The number of rotatable bonds is 8. The van der Waals surface area contributed by atoms with E-state index in [9.17, 15) is 0 Å². The van der Waals surface area contributed by atoms with Crippen LogP contribution in [0.2, 0.25) is 0 Å². The lowest BCUT2D eigenvalue weighted by Gasteiger charge is -2.26. The van der Waals surface area contributed by atoms with Gasteiger partial charge in [-0.25, -0.2) is 0 Å². The molecule has 220 valence electrons. The zero-order valence-corrected chi connectivity index (χ0v) is 25.0. The van der Waals surface area contributed by atoms with E-state index >= 15 is 0 Å². The van der Waals surface area contributed by atoms with Crippen molar-refractivity contribution in [3.05, 3.63) is 169 Å². The fourth-order valence-electron chi connectivity index (χ4n) is 4.60. The Bertz CT molecular complexity index is 1590. The van der Waals surface area contributed by atoms with Gasteiger partial charge in [0.15, 0.2) is 0 Å². The van der Waals surface area contributed by atoms with Crippen molar-refractivity contribution >= 4 is 22.7 Å². The highest BCUT2D eigenvalue weighted by Crippen LogP contribution is 2.35. The number of nitrogen functional groups attached to an aromatic ring is 2. The van der Waals surface area contributed by atoms with Crippen molar-refractivity contribution in [1.82, 2.24) is 0 Å². The molecule has 0 fully saturated rings. The van der Waals surface area contributed by atoms with Gasteiger partial charge in [0.05, 0.1) is 0 Å². The van der Waals surface area contributed by atoms with E-state index < -0.39 is 0 Å². The summed E-state index contributed by atoms with van der Waals surface area (Å²) in [6.07, 6.45) is 0. The first kappa shape index (κ1) is 29.8. The summed E-state index contributed by atoms with van der Waals surface area (Å²) in [5.41, 5.74) is 17.4. The molecule has 6 aromatic carbocycles. The highest BCUT2D eigenvalue weighted by atomic mass is 16.5. The van der Waals surface area contributed by atoms with Crippen molar-refractivity contribution in [3.63, 3.8) is 0 Å². The van der Waals surface area contributed by atoms with Crippen LogP contribution in [0.1, 0.15) is 25.0 Å². The number of nitrogens with two attached hydrogens (primary N) is 2. The summed E-state index contributed by atoms with van der Waals surface area (Å²) >= 11 is 0. The molecule has 6 rings (SSSR count). The second-order valence-electron chi connectivity index (χ2n) is 10.9. The molecule has 0 saturated heterocycles. The monoisotopic (exact) mass is 579 g/mol. The van der Waals surface area contributed by atoms with Gasteiger partial charge >= 0.3 is 0 Å². The molecule has 0 aliphatic rings. The Morgan fingerprint density at radius 3 is 1.02 bits per heavy atom. The normalized spacial score (nSPS) is 10.7. The summed E-state index contributed by atoms with van der Waals surface area (Å²) in [6, 6.07) is 51.4. The molecule has 0 amide bonds. The number of hydrogen-bond donors (Lipinski definition) is 3. The van der Waals surface area contributed by atoms with Crippen molar-refractivity contribution in [2.24, 2.45) is 0 Å². The van der Waals surface area contributed by atoms with Gasteiger partial charge in [0.1, 0.15) is 23.0 Å². The van der Waals surface area contributed by atoms with E-state index in [1.165, 1.54) is 11.1 Å². The third-order valence-electron chi connectivity index (χ3n) is 7.22. The number of anilines is 4. The van der Waals surface area contributed by atoms with Gasteiger partial charge in [0.25, 0.3) is 0 Å². The molecule has 0 heterocycles. The lowest BCUT2D eigenvalue weighted by atomic mass is 9.78. The summed E-state index contributed by atoms with van der Waals surface area (Å²) < 4.78 is 11.8. The Morgan fingerprint density at radius 2 is 0.705 bits per heavy atom. The number of para-hydroxylation sites is 2. The van der Waals surface area contributed by atoms with E-state index in [-0.39, 0.29) is 5.41 Å². The zero-order chi connectivity index (χ0) is 30.8. The summed E-state index contributed by atoms with van der Waals surface area (Å²) in [4.78, 5) is 0. The fourth-order valence-corrected chi connectivity index (χ4v) is 4.60. The predicted octanol–water partition coefficient (Wildman–Crippen LogP) is 10.2. The van der Waals surface area contributed by atoms with Gasteiger partial charge in [-0.1, -0.05) is 74.5 Å². The first-order valence-corrected chi connectivity index (χ1v) is 14.5. The smallest absolute Gasteiger partial charge is 0.127 e. The van der Waals surface area contributed by atoms with Gasteiger partial charge < -0.3 is 26.3 Å². The van der Waals surface area contributed by atoms with Gasteiger partial charge in [0.2, 0.25) is 0 Å². The Hall–Kier alpha value is -5.68. The highest BCUT2D eigenvalue weighted by molar-refractivity contribution is 5.59. The van der Waals surface area contributed by atoms with Gasteiger partial charge in [-0.3, -0.25) is 0 Å². The van der Waals surface area contributed by atoms with Crippen molar-refractivity contribution in [2.45, 2.75) is 19.3 Å². The second kappa shape index (κ2) is 14.0. The summed E-state index contributed by atoms with van der Waals surface area (Å²) in [5.74, 6) is 3.10. The minimum Gasteiger partial charge on any atom is -0.457 e. The standard InChI is InChI=1S/C27H26N2O2.C12H11N/c1-27(2,19-3-11-23(12-4-19)30-25-15-7-21(28)8-16-25)20-5-13-24(14-6-20)31-26-17-9-22(29)10-18-26;1-3-7-11(8-4-1)13-12-9-5-2-6-10-12/h3-18H,28-29H2,1-2H3;1-10,13H. The molecular weight excluding hydrogens is 542 g/mol. The van der Waals surface area contributed by atoms with Crippen LogP contribution < -0.4 is 26.3 Å². The number of benzene rings is 6. The predicted molar refractivity (Wildman–Crippen MR) is 183 cm³/mol. The van der Waals surface area contributed by atoms with Crippen LogP contribution in [-0.2, 0) is 5.41 Å². The highest BCUT2D eigenvalue weighted by Gasteiger charge is 2.23. The minimum atomic E-state index is -0.167. The topological polar surface area (TPSA) is 82.5 Å². The van der Waals surface area contributed by atoms with Crippen LogP contribution in [0.15, 0.2) is 158 Å². The molecule has 5 nitrogen and oxygen atoms in total. The Balaban J connectivity index is 0.000000245. The molecule has 0 aliphatic carbocycles. The summed E-state index contributed by atoms with van der Waals surface area (Å²) in [7, 11) is 0. The molecular formula is C39H37N3O2. The fraction of sp³-hybridized carbons (Fsp3) is 0.0769.